The van der Waals surface area contributed by atoms with Gasteiger partial charge in [0, 0.05) is 37.0 Å². The van der Waals surface area contributed by atoms with Crippen molar-refractivity contribution in [3.8, 4) is 0 Å². The number of nitrogens with zero attached hydrogens (tertiary/aromatic N) is 2. The third-order valence-corrected chi connectivity index (χ3v) is 4.25. The van der Waals surface area contributed by atoms with Crippen molar-refractivity contribution >= 4 is 16.8 Å². The second-order valence-electron chi connectivity index (χ2n) is 5.91. The molecule has 0 aliphatic heterocycles. The predicted octanol–water partition coefficient (Wildman–Crippen LogP) is 2.26. The van der Waals surface area contributed by atoms with Crippen molar-refractivity contribution in [1.82, 2.24) is 20.1 Å². The van der Waals surface area contributed by atoms with Gasteiger partial charge in [-0.25, -0.2) is 0 Å². The summed E-state index contributed by atoms with van der Waals surface area (Å²) in [4.78, 5) is 15.9. The van der Waals surface area contributed by atoms with Crippen LogP contribution < -0.4 is 5.32 Å². The van der Waals surface area contributed by atoms with Crippen LogP contribution in [0.2, 0.25) is 0 Å². The van der Waals surface area contributed by atoms with Gasteiger partial charge < -0.3 is 15.0 Å². The summed E-state index contributed by atoms with van der Waals surface area (Å²) in [6.07, 6.45) is 2.04. The summed E-state index contributed by atoms with van der Waals surface area (Å²) in [6, 6.07) is 9.70. The van der Waals surface area contributed by atoms with Gasteiger partial charge in [0.25, 0.3) is 0 Å². The van der Waals surface area contributed by atoms with Crippen LogP contribution in [0.3, 0.4) is 0 Å². The number of hydrogen-bond acceptors (Lipinski definition) is 3. The van der Waals surface area contributed by atoms with Crippen molar-refractivity contribution in [1.29, 1.82) is 0 Å². The second-order valence-corrected chi connectivity index (χ2v) is 5.91. The molecule has 0 aliphatic rings. The highest BCUT2D eigenvalue weighted by atomic mass is 16.5. The Morgan fingerprint density at radius 1 is 1.38 bits per heavy atom. The molecule has 0 spiro atoms. The van der Waals surface area contributed by atoms with Crippen LogP contribution in [0.1, 0.15) is 23.0 Å². The molecule has 0 aliphatic carbocycles. The molecule has 6 heteroatoms. The van der Waals surface area contributed by atoms with Crippen LogP contribution in [-0.4, -0.2) is 34.4 Å². The molecule has 2 aromatic heterocycles. The Morgan fingerprint density at radius 2 is 2.17 bits per heavy atom. The van der Waals surface area contributed by atoms with Gasteiger partial charge in [0.2, 0.25) is 5.91 Å². The summed E-state index contributed by atoms with van der Waals surface area (Å²) in [5.74, 6) is -0.0360. The molecule has 1 atom stereocenters. The number of aryl methyl sites for hydroxylation is 2. The van der Waals surface area contributed by atoms with Crippen molar-refractivity contribution in [3.63, 3.8) is 0 Å². The fourth-order valence-corrected chi connectivity index (χ4v) is 3.06. The molecule has 0 fully saturated rings. The SMILES string of the molecule is COC[C@@H](NC(=O)Cc1c(C)[nH]c2ccccc12)c1ccnn1C. The summed E-state index contributed by atoms with van der Waals surface area (Å²) < 4.78 is 7.00. The second kappa shape index (κ2) is 6.88. The van der Waals surface area contributed by atoms with E-state index in [4.69, 9.17) is 4.74 Å². The van der Waals surface area contributed by atoms with Gasteiger partial charge in [-0.3, -0.25) is 9.48 Å². The van der Waals surface area contributed by atoms with E-state index < -0.39 is 0 Å². The number of carbonyl (C=O) groups is 1. The molecular formula is C18H22N4O2. The van der Waals surface area contributed by atoms with E-state index in [2.05, 4.69) is 15.4 Å². The predicted molar refractivity (Wildman–Crippen MR) is 92.7 cm³/mol. The average Bonchev–Trinajstić information content (AvgIpc) is 3.11. The zero-order valence-electron chi connectivity index (χ0n) is 14.2. The largest absolute Gasteiger partial charge is 0.382 e. The first-order valence-corrected chi connectivity index (χ1v) is 7.92. The van der Waals surface area contributed by atoms with Gasteiger partial charge in [0.05, 0.1) is 24.8 Å². The van der Waals surface area contributed by atoms with Gasteiger partial charge in [-0.15, -0.1) is 0 Å². The standard InChI is InChI=1S/C18H22N4O2/c1-12-14(13-6-4-5-7-15(13)20-12)10-18(23)21-16(11-24-3)17-8-9-19-22(17)2/h4-9,16,20H,10-11H2,1-3H3,(H,21,23)/t16-/m1/s1. The Hall–Kier alpha value is -2.60. The Labute approximate surface area is 140 Å². The smallest absolute Gasteiger partial charge is 0.225 e. The first-order chi connectivity index (χ1) is 11.6. The van der Waals surface area contributed by atoms with Crippen molar-refractivity contribution in [2.24, 2.45) is 7.05 Å². The molecule has 0 radical (unpaired) electrons. The van der Waals surface area contributed by atoms with Gasteiger partial charge in [-0.1, -0.05) is 18.2 Å². The number of ether oxygens (including phenoxy) is 1. The number of fused-ring (bicyclic) bond motifs is 1. The monoisotopic (exact) mass is 326 g/mol. The molecule has 1 amide bonds. The van der Waals surface area contributed by atoms with E-state index in [1.807, 2.05) is 44.3 Å². The van der Waals surface area contributed by atoms with E-state index in [0.717, 1.165) is 27.9 Å². The lowest BCUT2D eigenvalue weighted by atomic mass is 10.1. The minimum Gasteiger partial charge on any atom is -0.382 e. The van der Waals surface area contributed by atoms with E-state index in [9.17, 15) is 4.79 Å². The molecule has 2 N–H and O–H groups in total. The van der Waals surface area contributed by atoms with Crippen molar-refractivity contribution in [2.45, 2.75) is 19.4 Å². The maximum atomic E-state index is 12.6. The van der Waals surface area contributed by atoms with Crippen LogP contribution in [0.15, 0.2) is 36.5 Å². The Bertz CT molecular complexity index is 850. The van der Waals surface area contributed by atoms with Gasteiger partial charge in [-0.05, 0) is 24.6 Å². The number of hydrogen-bond donors (Lipinski definition) is 2. The van der Waals surface area contributed by atoms with Gasteiger partial charge in [0.15, 0.2) is 0 Å². The maximum absolute atomic E-state index is 12.6. The summed E-state index contributed by atoms with van der Waals surface area (Å²) in [6.45, 7) is 2.40. The maximum Gasteiger partial charge on any atom is 0.225 e. The minimum absolute atomic E-state index is 0.0360. The third kappa shape index (κ3) is 3.19. The summed E-state index contributed by atoms with van der Waals surface area (Å²) in [5, 5.41) is 8.31. The molecule has 0 saturated carbocycles. The first kappa shape index (κ1) is 16.3. The third-order valence-electron chi connectivity index (χ3n) is 4.25. The fraction of sp³-hybridized carbons (Fsp3) is 0.333. The molecule has 0 bridgehead atoms. The van der Waals surface area contributed by atoms with Crippen molar-refractivity contribution in [2.75, 3.05) is 13.7 Å². The van der Waals surface area contributed by atoms with Crippen LogP contribution in [0, 0.1) is 6.92 Å². The lowest BCUT2D eigenvalue weighted by Gasteiger charge is -2.18. The van der Waals surface area contributed by atoms with Crippen molar-refractivity contribution in [3.05, 3.63) is 53.5 Å². The van der Waals surface area contributed by atoms with E-state index in [-0.39, 0.29) is 11.9 Å². The Morgan fingerprint density at radius 3 is 2.88 bits per heavy atom. The number of benzene rings is 1. The quantitative estimate of drug-likeness (QED) is 0.730. The van der Waals surface area contributed by atoms with Gasteiger partial charge in [-0.2, -0.15) is 5.10 Å². The lowest BCUT2D eigenvalue weighted by molar-refractivity contribution is -0.121. The Kier molecular flexibility index (Phi) is 4.66. The first-order valence-electron chi connectivity index (χ1n) is 7.92. The zero-order chi connectivity index (χ0) is 17.1. The van der Waals surface area contributed by atoms with Crippen LogP contribution in [0.25, 0.3) is 10.9 Å². The van der Waals surface area contributed by atoms with E-state index >= 15 is 0 Å². The van der Waals surface area contributed by atoms with E-state index in [1.165, 1.54) is 0 Å². The highest BCUT2D eigenvalue weighted by Crippen LogP contribution is 2.22. The molecule has 0 unspecified atom stereocenters. The van der Waals surface area contributed by atoms with Crippen LogP contribution in [-0.2, 0) is 23.0 Å². The topological polar surface area (TPSA) is 71.9 Å². The normalized spacial score (nSPS) is 12.5. The summed E-state index contributed by atoms with van der Waals surface area (Å²) in [5.41, 5.74) is 4.03. The number of para-hydroxylation sites is 1. The lowest BCUT2D eigenvalue weighted by Crippen LogP contribution is -2.33. The van der Waals surface area contributed by atoms with E-state index in [1.54, 1.807) is 18.0 Å². The molecule has 1 aromatic carbocycles. The molecule has 6 nitrogen and oxygen atoms in total. The zero-order valence-corrected chi connectivity index (χ0v) is 14.2. The minimum atomic E-state index is -0.222. The number of carbonyl (C=O) groups excluding carboxylic acids is 1. The summed E-state index contributed by atoms with van der Waals surface area (Å²) >= 11 is 0. The number of rotatable bonds is 6. The number of amides is 1. The fourth-order valence-electron chi connectivity index (χ4n) is 3.06. The van der Waals surface area contributed by atoms with Crippen molar-refractivity contribution < 1.29 is 9.53 Å². The number of aromatic amines is 1. The van der Waals surface area contributed by atoms with E-state index in [0.29, 0.717) is 13.0 Å². The van der Waals surface area contributed by atoms with Gasteiger partial charge >= 0.3 is 0 Å². The molecule has 2 heterocycles. The van der Waals surface area contributed by atoms with Crippen LogP contribution in [0.5, 0.6) is 0 Å². The number of H-pyrrole nitrogens is 1. The number of aromatic nitrogens is 3. The molecule has 24 heavy (non-hydrogen) atoms. The Balaban J connectivity index is 1.78. The average molecular weight is 326 g/mol. The summed E-state index contributed by atoms with van der Waals surface area (Å²) in [7, 11) is 3.48. The van der Waals surface area contributed by atoms with Crippen LogP contribution >= 0.6 is 0 Å². The molecule has 0 saturated heterocycles. The van der Waals surface area contributed by atoms with Gasteiger partial charge in [0.1, 0.15) is 0 Å². The molecule has 126 valence electrons. The highest BCUT2D eigenvalue weighted by Gasteiger charge is 2.19. The molecule has 3 aromatic rings. The number of methoxy groups -OCH3 is 1. The molecule has 3 rings (SSSR count). The number of nitrogens with one attached hydrogen (secondary N) is 2. The van der Waals surface area contributed by atoms with Crippen LogP contribution in [0.4, 0.5) is 0 Å². The molecular weight excluding hydrogens is 304 g/mol. The highest BCUT2D eigenvalue weighted by molar-refractivity contribution is 5.90.